The van der Waals surface area contributed by atoms with E-state index < -0.39 is 6.10 Å². The molecule has 0 aliphatic heterocycles. The molecule has 6 heteroatoms. The van der Waals surface area contributed by atoms with Gasteiger partial charge in [-0.15, -0.1) is 0 Å². The van der Waals surface area contributed by atoms with Crippen LogP contribution < -0.4 is 0 Å². The van der Waals surface area contributed by atoms with Crippen molar-refractivity contribution in [3.8, 4) is 0 Å². The van der Waals surface area contributed by atoms with E-state index in [9.17, 15) is 14.4 Å². The highest BCUT2D eigenvalue weighted by molar-refractivity contribution is 5.71. The maximum Gasteiger partial charge on any atom is 0.306 e. The SMILES string of the molecule is CC/C=C\C/C=C\C/C=C\C/C=C\C/C=C\C/C=C\C/C=C\C/C=C\CCCCCCCCCCCCC(=O)OCC(COC(=O)CCCCCCCCCCCCCC)OC(=O)CCC/C=C\C/C=C\C/C=C\C/C=C\C/C=C\CC. The minimum atomic E-state index is -0.814. The van der Waals surface area contributed by atoms with Gasteiger partial charge in [0.1, 0.15) is 13.2 Å². The summed E-state index contributed by atoms with van der Waals surface area (Å²) >= 11 is 0. The molecule has 1 unspecified atom stereocenters. The third-order valence-corrected chi connectivity index (χ3v) is 13.8. The lowest BCUT2D eigenvalue weighted by atomic mass is 10.0. The summed E-state index contributed by atoms with van der Waals surface area (Å²) in [5.74, 6) is -0.967. The summed E-state index contributed by atoms with van der Waals surface area (Å²) in [5.41, 5.74) is 0. The van der Waals surface area contributed by atoms with Crippen molar-refractivity contribution in [3.63, 3.8) is 0 Å². The lowest BCUT2D eigenvalue weighted by Gasteiger charge is -2.18. The molecule has 0 N–H and O–H groups in total. The Bertz CT molecular complexity index is 1830. The first-order valence-corrected chi connectivity index (χ1v) is 33.5. The van der Waals surface area contributed by atoms with Gasteiger partial charge in [0.05, 0.1) is 0 Å². The zero-order chi connectivity index (χ0) is 59.2. The molecule has 0 saturated heterocycles. The average molecular weight is 1130 g/mol. The monoisotopic (exact) mass is 1130 g/mol. The number of rotatable bonds is 59. The van der Waals surface area contributed by atoms with Crippen LogP contribution in [0.4, 0.5) is 0 Å². The summed E-state index contributed by atoms with van der Waals surface area (Å²) in [5, 5.41) is 0. The molecule has 6 nitrogen and oxygen atoms in total. The molecule has 0 heterocycles. The van der Waals surface area contributed by atoms with E-state index in [2.05, 4.69) is 179 Å². The number of carbonyl (C=O) groups excluding carboxylic acids is 3. The zero-order valence-corrected chi connectivity index (χ0v) is 52.9. The van der Waals surface area contributed by atoms with E-state index in [1.54, 1.807) is 0 Å². The van der Waals surface area contributed by atoms with Gasteiger partial charge in [-0.2, -0.15) is 0 Å². The zero-order valence-electron chi connectivity index (χ0n) is 52.9. The lowest BCUT2D eigenvalue weighted by molar-refractivity contribution is -0.167. The highest BCUT2D eigenvalue weighted by Crippen LogP contribution is 2.15. The molecular weight excluding hydrogens is 1010 g/mol. The molecule has 82 heavy (non-hydrogen) atoms. The third kappa shape index (κ3) is 65.8. The summed E-state index contributed by atoms with van der Waals surface area (Å²) in [6.07, 6.45) is 99.8. The second-order valence-corrected chi connectivity index (χ2v) is 21.6. The Morgan fingerprint density at radius 2 is 0.488 bits per heavy atom. The van der Waals surface area contributed by atoms with Crippen LogP contribution in [0.25, 0.3) is 0 Å². The maximum absolute atomic E-state index is 12.9. The van der Waals surface area contributed by atoms with Crippen molar-refractivity contribution in [1.29, 1.82) is 0 Å². The molecule has 1 atom stereocenters. The van der Waals surface area contributed by atoms with Crippen molar-refractivity contribution in [3.05, 3.63) is 158 Å². The molecule has 0 saturated carbocycles. The van der Waals surface area contributed by atoms with Crippen LogP contribution in [0.1, 0.15) is 284 Å². The fourth-order valence-electron chi connectivity index (χ4n) is 8.85. The Labute approximate surface area is 505 Å². The molecule has 0 bridgehead atoms. The predicted octanol–water partition coefficient (Wildman–Crippen LogP) is 23.3. The predicted molar refractivity (Wildman–Crippen MR) is 357 cm³/mol. The van der Waals surface area contributed by atoms with Gasteiger partial charge in [0, 0.05) is 19.3 Å². The van der Waals surface area contributed by atoms with Crippen molar-refractivity contribution < 1.29 is 28.6 Å². The Kier molecular flexibility index (Phi) is 64.4. The Hall–Kier alpha value is -4.97. The minimum absolute atomic E-state index is 0.104. The number of allylic oxidation sites excluding steroid dienone is 26. The van der Waals surface area contributed by atoms with Crippen molar-refractivity contribution in [2.24, 2.45) is 0 Å². The topological polar surface area (TPSA) is 78.9 Å². The molecule has 0 aliphatic carbocycles. The second-order valence-electron chi connectivity index (χ2n) is 21.6. The molecule has 0 radical (unpaired) electrons. The normalized spacial score (nSPS) is 13.2. The van der Waals surface area contributed by atoms with Crippen LogP contribution >= 0.6 is 0 Å². The van der Waals surface area contributed by atoms with Gasteiger partial charge in [0.2, 0.25) is 0 Å². The number of ether oxygens (including phenoxy) is 3. The first-order chi connectivity index (χ1) is 40.5. The van der Waals surface area contributed by atoms with E-state index in [1.165, 1.54) is 103 Å². The molecule has 0 rings (SSSR count). The summed E-state index contributed by atoms with van der Waals surface area (Å²) < 4.78 is 16.9. The molecule has 0 aromatic carbocycles. The average Bonchev–Trinajstić information content (AvgIpc) is 3.47. The quantitative estimate of drug-likeness (QED) is 0.0261. The number of hydrogen-bond acceptors (Lipinski definition) is 6. The fraction of sp³-hybridized carbons (Fsp3) is 0.618. The molecule has 0 fully saturated rings. The standard InChI is InChI=1S/C76H122O6/c1-4-7-10-13-16-19-22-25-27-29-30-31-32-33-34-35-36-37-38-39-40-41-42-43-44-45-46-48-49-51-54-57-60-63-66-69-75(78)81-72-73(71-80-74(77)68-65-62-59-56-53-24-21-18-15-12-9-6-3)82-76(79)70-67-64-61-58-55-52-50-47-28-26-23-20-17-14-11-8-5-2/h7-8,10-11,16-17,19-20,25-28,30-31,33-34,36-37,39-40,42-43,50,52,58,61,73H,4-6,9,12-15,18,21-24,29,32,35,38,41,44-49,51,53-57,59-60,62-72H2,1-3H3/b10-7-,11-8-,19-16-,20-17-,27-25-,28-26-,31-30-,34-33-,37-36-,40-39-,43-42-,52-50-,61-58-. The van der Waals surface area contributed by atoms with Crippen LogP contribution in [0.15, 0.2) is 158 Å². The van der Waals surface area contributed by atoms with Gasteiger partial charge >= 0.3 is 17.9 Å². The van der Waals surface area contributed by atoms with Crippen LogP contribution in [0.5, 0.6) is 0 Å². The summed E-state index contributed by atoms with van der Waals surface area (Å²) in [7, 11) is 0. The van der Waals surface area contributed by atoms with Gasteiger partial charge in [-0.25, -0.2) is 0 Å². The highest BCUT2D eigenvalue weighted by atomic mass is 16.6. The highest BCUT2D eigenvalue weighted by Gasteiger charge is 2.19. The van der Waals surface area contributed by atoms with Crippen LogP contribution in [0.3, 0.4) is 0 Å². The largest absolute Gasteiger partial charge is 0.462 e. The van der Waals surface area contributed by atoms with Gasteiger partial charge in [0.15, 0.2) is 6.10 Å². The van der Waals surface area contributed by atoms with Gasteiger partial charge in [-0.3, -0.25) is 14.4 Å². The smallest absolute Gasteiger partial charge is 0.306 e. The minimum Gasteiger partial charge on any atom is -0.462 e. The van der Waals surface area contributed by atoms with E-state index in [0.29, 0.717) is 19.3 Å². The number of esters is 3. The molecule has 0 spiro atoms. The van der Waals surface area contributed by atoms with E-state index in [0.717, 1.165) is 135 Å². The van der Waals surface area contributed by atoms with Crippen molar-refractivity contribution >= 4 is 17.9 Å². The fourth-order valence-corrected chi connectivity index (χ4v) is 8.85. The Balaban J connectivity index is 4.28. The van der Waals surface area contributed by atoms with Crippen molar-refractivity contribution in [1.82, 2.24) is 0 Å². The summed E-state index contributed by atoms with van der Waals surface area (Å²) in [6, 6.07) is 0. The summed E-state index contributed by atoms with van der Waals surface area (Å²) in [4.78, 5) is 38.3. The molecule has 462 valence electrons. The molecule has 0 aromatic heterocycles. The van der Waals surface area contributed by atoms with Gasteiger partial charge in [0.25, 0.3) is 0 Å². The van der Waals surface area contributed by atoms with Gasteiger partial charge < -0.3 is 14.2 Å². The van der Waals surface area contributed by atoms with Crippen molar-refractivity contribution in [2.45, 2.75) is 290 Å². The molecular formula is C76H122O6. The Morgan fingerprint density at radius 3 is 0.780 bits per heavy atom. The van der Waals surface area contributed by atoms with Crippen LogP contribution in [0, 0.1) is 0 Å². The lowest BCUT2D eigenvalue weighted by Crippen LogP contribution is -2.30. The maximum atomic E-state index is 12.9. The first-order valence-electron chi connectivity index (χ1n) is 33.5. The van der Waals surface area contributed by atoms with Crippen LogP contribution in [-0.2, 0) is 28.6 Å². The van der Waals surface area contributed by atoms with E-state index in [1.807, 2.05) is 0 Å². The molecule has 0 aliphatic rings. The van der Waals surface area contributed by atoms with Crippen LogP contribution in [-0.4, -0.2) is 37.2 Å². The van der Waals surface area contributed by atoms with E-state index in [4.69, 9.17) is 14.2 Å². The third-order valence-electron chi connectivity index (χ3n) is 13.8. The molecule has 0 aromatic rings. The van der Waals surface area contributed by atoms with E-state index in [-0.39, 0.29) is 37.5 Å². The number of hydrogen-bond donors (Lipinski definition) is 0. The number of carbonyl (C=O) groups is 3. The van der Waals surface area contributed by atoms with Gasteiger partial charge in [-0.1, -0.05) is 301 Å². The first kappa shape index (κ1) is 77.0. The second kappa shape index (κ2) is 68.5. The summed E-state index contributed by atoms with van der Waals surface area (Å²) in [6.45, 7) is 6.36. The Morgan fingerprint density at radius 1 is 0.256 bits per heavy atom. The van der Waals surface area contributed by atoms with Crippen molar-refractivity contribution in [2.75, 3.05) is 13.2 Å². The number of unbranched alkanes of at least 4 members (excludes halogenated alkanes) is 22. The van der Waals surface area contributed by atoms with Gasteiger partial charge in [-0.05, 0) is 122 Å². The molecule has 0 amide bonds. The van der Waals surface area contributed by atoms with Crippen LogP contribution in [0.2, 0.25) is 0 Å². The van der Waals surface area contributed by atoms with E-state index >= 15 is 0 Å².